The second-order valence-corrected chi connectivity index (χ2v) is 5.41. The van der Waals surface area contributed by atoms with E-state index in [1.54, 1.807) is 0 Å². The van der Waals surface area contributed by atoms with Gasteiger partial charge in [-0.25, -0.2) is 0 Å². The number of rotatable bonds is 6. The molecule has 0 saturated carbocycles. The minimum atomic E-state index is 0.901. The largest absolute Gasteiger partial charge is 0.354 e. The number of hydrogen-bond donors (Lipinski definition) is 1. The van der Waals surface area contributed by atoms with E-state index in [0.29, 0.717) is 0 Å². The van der Waals surface area contributed by atoms with Crippen LogP contribution in [0.2, 0.25) is 0 Å². The second-order valence-electron chi connectivity index (χ2n) is 4.49. The first-order valence-electron chi connectivity index (χ1n) is 6.37. The number of aromatic nitrogens is 1. The fraction of sp³-hybridized carbons (Fsp3) is 0.333. The molecule has 0 saturated heterocycles. The van der Waals surface area contributed by atoms with E-state index < -0.39 is 0 Å². The van der Waals surface area contributed by atoms with Gasteiger partial charge >= 0.3 is 0 Å². The lowest BCUT2D eigenvalue weighted by molar-refractivity contribution is 0.668. The number of hydrogen-bond acceptors (Lipinski definition) is 1. The van der Waals surface area contributed by atoms with Crippen LogP contribution in [-0.4, -0.2) is 4.57 Å². The molecule has 0 amide bonds. The Morgan fingerprint density at radius 1 is 1.17 bits per heavy atom. The maximum Gasteiger partial charge on any atom is 0.0223 e. The molecule has 2 rings (SSSR count). The zero-order chi connectivity index (χ0) is 12.8. The van der Waals surface area contributed by atoms with Crippen LogP contribution in [0.15, 0.2) is 47.2 Å². The van der Waals surface area contributed by atoms with Crippen molar-refractivity contribution in [2.24, 2.45) is 0 Å². The Kier molecular flexibility index (Phi) is 5.02. The van der Waals surface area contributed by atoms with Gasteiger partial charge in [0, 0.05) is 36.5 Å². The van der Waals surface area contributed by atoms with Crippen molar-refractivity contribution in [2.45, 2.75) is 33.0 Å². The van der Waals surface area contributed by atoms with E-state index in [2.05, 4.69) is 69.4 Å². The third kappa shape index (κ3) is 4.00. The van der Waals surface area contributed by atoms with Gasteiger partial charge in [-0.05, 0) is 35.7 Å². The quantitative estimate of drug-likeness (QED) is 0.855. The molecule has 1 N–H and O–H groups in total. The van der Waals surface area contributed by atoms with E-state index in [4.69, 9.17) is 0 Å². The van der Waals surface area contributed by atoms with Crippen molar-refractivity contribution in [3.8, 4) is 0 Å². The van der Waals surface area contributed by atoms with Crippen LogP contribution in [0.3, 0.4) is 0 Å². The molecule has 0 unspecified atom stereocenters. The lowest BCUT2D eigenvalue weighted by Crippen LogP contribution is -2.12. The zero-order valence-corrected chi connectivity index (χ0v) is 12.3. The lowest BCUT2D eigenvalue weighted by Gasteiger charge is -2.04. The molecule has 1 heterocycles. The van der Waals surface area contributed by atoms with Crippen LogP contribution in [0.25, 0.3) is 0 Å². The summed E-state index contributed by atoms with van der Waals surface area (Å²) in [6, 6.07) is 10.6. The lowest BCUT2D eigenvalue weighted by atomic mass is 10.2. The first-order chi connectivity index (χ1) is 8.78. The molecule has 0 spiro atoms. The summed E-state index contributed by atoms with van der Waals surface area (Å²) in [6.07, 6.45) is 5.55. The molecule has 2 nitrogen and oxygen atoms in total. The van der Waals surface area contributed by atoms with Crippen molar-refractivity contribution in [1.82, 2.24) is 9.88 Å². The van der Waals surface area contributed by atoms with Gasteiger partial charge in [-0.3, -0.25) is 0 Å². The normalized spacial score (nSPS) is 10.8. The summed E-state index contributed by atoms with van der Waals surface area (Å²) in [5.74, 6) is 0. The molecule has 0 radical (unpaired) electrons. The Morgan fingerprint density at radius 2 is 2.00 bits per heavy atom. The van der Waals surface area contributed by atoms with Crippen LogP contribution in [0, 0.1) is 0 Å². The highest BCUT2D eigenvalue weighted by Gasteiger charge is 1.97. The Balaban J connectivity index is 1.81. The van der Waals surface area contributed by atoms with Crippen LogP contribution >= 0.6 is 15.9 Å². The van der Waals surface area contributed by atoms with Crippen molar-refractivity contribution < 1.29 is 0 Å². The van der Waals surface area contributed by atoms with Gasteiger partial charge in [0.2, 0.25) is 0 Å². The van der Waals surface area contributed by atoms with Crippen LogP contribution in [0.5, 0.6) is 0 Å². The van der Waals surface area contributed by atoms with Gasteiger partial charge in [-0.1, -0.05) is 35.0 Å². The van der Waals surface area contributed by atoms with Crippen LogP contribution in [0.4, 0.5) is 0 Å². The van der Waals surface area contributed by atoms with Crippen molar-refractivity contribution >= 4 is 15.9 Å². The molecule has 0 aliphatic rings. The maximum atomic E-state index is 3.49. The predicted molar refractivity (Wildman–Crippen MR) is 79.4 cm³/mol. The van der Waals surface area contributed by atoms with E-state index in [9.17, 15) is 0 Å². The summed E-state index contributed by atoms with van der Waals surface area (Å²) in [6.45, 7) is 5.12. The number of nitrogens with zero attached hydrogens (tertiary/aromatic N) is 1. The fourth-order valence-electron chi connectivity index (χ4n) is 1.99. The van der Waals surface area contributed by atoms with Gasteiger partial charge in [0.25, 0.3) is 0 Å². The average Bonchev–Trinajstić information content (AvgIpc) is 2.78. The van der Waals surface area contributed by atoms with Gasteiger partial charge in [0.1, 0.15) is 0 Å². The molecule has 1 aromatic carbocycles. The molecule has 18 heavy (non-hydrogen) atoms. The minimum absolute atomic E-state index is 0.901. The average molecular weight is 307 g/mol. The van der Waals surface area contributed by atoms with Gasteiger partial charge in [-0.2, -0.15) is 0 Å². The summed E-state index contributed by atoms with van der Waals surface area (Å²) in [5.41, 5.74) is 2.65. The summed E-state index contributed by atoms with van der Waals surface area (Å²) in [4.78, 5) is 0. The zero-order valence-electron chi connectivity index (χ0n) is 10.7. The summed E-state index contributed by atoms with van der Waals surface area (Å²) >= 11 is 3.49. The van der Waals surface area contributed by atoms with E-state index in [1.165, 1.54) is 17.5 Å². The molecular weight excluding hydrogens is 288 g/mol. The van der Waals surface area contributed by atoms with Gasteiger partial charge < -0.3 is 9.88 Å². The first kappa shape index (κ1) is 13.4. The molecule has 0 bridgehead atoms. The Labute approximate surface area is 117 Å². The standard InChI is InChI=1S/C15H19BrN2/c1-2-7-18-8-6-14(12-18)11-17-10-13-4-3-5-15(16)9-13/h3-6,8-9,12,17H,2,7,10-11H2,1H3. The van der Waals surface area contributed by atoms with Crippen molar-refractivity contribution in [2.75, 3.05) is 0 Å². The highest BCUT2D eigenvalue weighted by Crippen LogP contribution is 2.11. The maximum absolute atomic E-state index is 3.49. The highest BCUT2D eigenvalue weighted by molar-refractivity contribution is 9.10. The Morgan fingerprint density at radius 3 is 2.78 bits per heavy atom. The molecule has 0 atom stereocenters. The number of benzene rings is 1. The van der Waals surface area contributed by atoms with Crippen LogP contribution < -0.4 is 5.32 Å². The Hall–Kier alpha value is -1.06. The number of halogens is 1. The number of aryl methyl sites for hydroxylation is 1. The van der Waals surface area contributed by atoms with Gasteiger partial charge in [0.05, 0.1) is 0 Å². The second kappa shape index (κ2) is 6.76. The van der Waals surface area contributed by atoms with Crippen molar-refractivity contribution in [3.63, 3.8) is 0 Å². The summed E-state index contributed by atoms with van der Waals surface area (Å²) < 4.78 is 3.38. The Bertz CT molecular complexity index is 491. The van der Waals surface area contributed by atoms with Crippen molar-refractivity contribution in [1.29, 1.82) is 0 Å². The smallest absolute Gasteiger partial charge is 0.0223 e. The van der Waals surface area contributed by atoms with E-state index in [0.717, 1.165) is 24.1 Å². The van der Waals surface area contributed by atoms with E-state index in [-0.39, 0.29) is 0 Å². The first-order valence-corrected chi connectivity index (χ1v) is 7.17. The van der Waals surface area contributed by atoms with Gasteiger partial charge in [-0.15, -0.1) is 0 Å². The van der Waals surface area contributed by atoms with Crippen LogP contribution in [0.1, 0.15) is 24.5 Å². The molecule has 2 aromatic rings. The predicted octanol–water partition coefficient (Wildman–Crippen LogP) is 3.95. The molecule has 3 heteroatoms. The SMILES string of the molecule is CCCn1ccc(CNCc2cccc(Br)c2)c1. The molecular formula is C15H19BrN2. The number of nitrogens with one attached hydrogen (secondary N) is 1. The summed E-state index contributed by atoms with van der Waals surface area (Å²) in [7, 11) is 0. The third-order valence-electron chi connectivity index (χ3n) is 2.84. The van der Waals surface area contributed by atoms with Crippen molar-refractivity contribution in [3.05, 3.63) is 58.3 Å². The van der Waals surface area contributed by atoms with E-state index in [1.807, 2.05) is 6.07 Å². The molecule has 0 aliphatic carbocycles. The fourth-order valence-corrected chi connectivity index (χ4v) is 2.44. The molecule has 1 aromatic heterocycles. The topological polar surface area (TPSA) is 17.0 Å². The molecule has 0 fully saturated rings. The molecule has 0 aliphatic heterocycles. The monoisotopic (exact) mass is 306 g/mol. The van der Waals surface area contributed by atoms with Gasteiger partial charge in [0.15, 0.2) is 0 Å². The summed E-state index contributed by atoms with van der Waals surface area (Å²) in [5, 5.41) is 3.47. The third-order valence-corrected chi connectivity index (χ3v) is 3.33. The van der Waals surface area contributed by atoms with Crippen LogP contribution in [-0.2, 0) is 19.6 Å². The highest BCUT2D eigenvalue weighted by atomic mass is 79.9. The minimum Gasteiger partial charge on any atom is -0.354 e. The molecule has 96 valence electrons. The van der Waals surface area contributed by atoms with E-state index >= 15 is 0 Å².